The topological polar surface area (TPSA) is 50.4 Å². The fraction of sp³-hybridized carbons (Fsp3) is 0.321. The number of hydrogen-bond donors (Lipinski definition) is 2. The van der Waals surface area contributed by atoms with Crippen LogP contribution in [-0.4, -0.2) is 19.6 Å². The second-order valence-electron chi connectivity index (χ2n) is 8.73. The zero-order valence-electron chi connectivity index (χ0n) is 19.6. The third kappa shape index (κ3) is 6.22. The number of likely N-dealkylation sites (N-methyl/N-ethyl adjacent to an activating group) is 1. The van der Waals surface area contributed by atoms with E-state index in [4.69, 9.17) is 4.74 Å². The van der Waals surface area contributed by atoms with Crippen molar-refractivity contribution in [2.75, 3.05) is 13.7 Å². The first-order valence-corrected chi connectivity index (χ1v) is 11.8. The van der Waals surface area contributed by atoms with Crippen molar-refractivity contribution >= 4 is 5.91 Å². The Labute approximate surface area is 203 Å². The van der Waals surface area contributed by atoms with E-state index in [1.165, 1.54) is 12.1 Å². The first-order valence-electron chi connectivity index (χ1n) is 11.8. The maximum atomic E-state index is 12.9. The summed E-state index contributed by atoms with van der Waals surface area (Å²) in [4.78, 5) is 12.8. The van der Waals surface area contributed by atoms with Crippen molar-refractivity contribution in [3.8, 4) is 5.75 Å². The highest BCUT2D eigenvalue weighted by atomic mass is 19.4. The van der Waals surface area contributed by atoms with Crippen LogP contribution in [0.2, 0.25) is 0 Å². The molecule has 7 heteroatoms. The van der Waals surface area contributed by atoms with Crippen molar-refractivity contribution in [3.05, 3.63) is 101 Å². The second kappa shape index (κ2) is 11.0. The van der Waals surface area contributed by atoms with Gasteiger partial charge < -0.3 is 10.1 Å². The van der Waals surface area contributed by atoms with Crippen LogP contribution in [0.3, 0.4) is 0 Å². The lowest BCUT2D eigenvalue weighted by Crippen LogP contribution is -2.38. The molecule has 0 radical (unpaired) electrons. The van der Waals surface area contributed by atoms with E-state index >= 15 is 0 Å². The first kappa shape index (κ1) is 24.8. The summed E-state index contributed by atoms with van der Waals surface area (Å²) in [6.07, 6.45) is -1.33. The molecular weight excluding hydrogens is 453 g/mol. The summed E-state index contributed by atoms with van der Waals surface area (Å²) < 4.78 is 44.6. The molecule has 2 atom stereocenters. The third-order valence-corrected chi connectivity index (χ3v) is 6.35. The maximum absolute atomic E-state index is 12.9. The van der Waals surface area contributed by atoms with Crippen LogP contribution in [0.4, 0.5) is 13.2 Å². The number of ether oxygens (including phenoxy) is 1. The standard InChI is InChI=1S/C28H29F3N2O2/c1-32-27(34)26(20-6-3-2-4-7-20)33-24(21-12-16-25-22(18-21)8-5-17-35-25)15-11-19-9-13-23(14-10-19)28(29,30)31/h2-4,6-7,9-10,12-14,16,18,24,26,33H,5,8,11,15,17H2,1H3,(H,32,34)/t24-,26-/m0/s1. The SMILES string of the molecule is CNC(=O)[C@@H](N[C@@H](CCc1ccc(C(F)(F)F)cc1)c1ccc2c(c1)CCCO2)c1ccccc1. The Morgan fingerprint density at radius 3 is 2.43 bits per heavy atom. The molecule has 4 nitrogen and oxygen atoms in total. The molecule has 0 saturated heterocycles. The van der Waals surface area contributed by atoms with Crippen LogP contribution in [0.25, 0.3) is 0 Å². The summed E-state index contributed by atoms with van der Waals surface area (Å²) in [6, 6.07) is 20.1. The highest BCUT2D eigenvalue weighted by Crippen LogP contribution is 2.32. The number of amides is 1. The van der Waals surface area contributed by atoms with Crippen molar-refractivity contribution in [2.45, 2.75) is 43.9 Å². The first-order chi connectivity index (χ1) is 16.8. The summed E-state index contributed by atoms with van der Waals surface area (Å²) in [6.45, 7) is 0.703. The molecule has 0 aromatic heterocycles. The molecule has 2 N–H and O–H groups in total. The van der Waals surface area contributed by atoms with Crippen molar-refractivity contribution in [1.29, 1.82) is 0 Å². The number of hydrogen-bond acceptors (Lipinski definition) is 3. The van der Waals surface area contributed by atoms with Gasteiger partial charge in [-0.05, 0) is 66.1 Å². The number of halogens is 3. The fourth-order valence-electron chi connectivity index (χ4n) is 4.43. The Morgan fingerprint density at radius 1 is 1.00 bits per heavy atom. The monoisotopic (exact) mass is 482 g/mol. The number of benzene rings is 3. The van der Waals surface area contributed by atoms with E-state index < -0.39 is 17.8 Å². The van der Waals surface area contributed by atoms with Crippen LogP contribution in [0.15, 0.2) is 72.8 Å². The molecule has 1 amide bonds. The van der Waals surface area contributed by atoms with Gasteiger partial charge in [-0.1, -0.05) is 54.6 Å². The third-order valence-electron chi connectivity index (χ3n) is 6.35. The minimum atomic E-state index is -4.36. The maximum Gasteiger partial charge on any atom is 0.416 e. The minimum Gasteiger partial charge on any atom is -0.493 e. The molecule has 0 fully saturated rings. The molecule has 1 heterocycles. The molecule has 0 unspecified atom stereocenters. The number of nitrogens with one attached hydrogen (secondary N) is 2. The van der Waals surface area contributed by atoms with Crippen molar-refractivity contribution < 1.29 is 22.7 Å². The number of carbonyl (C=O) groups excluding carboxylic acids is 1. The van der Waals surface area contributed by atoms with Gasteiger partial charge in [-0.25, -0.2) is 0 Å². The quantitative estimate of drug-likeness (QED) is 0.428. The van der Waals surface area contributed by atoms with E-state index in [1.807, 2.05) is 42.5 Å². The Morgan fingerprint density at radius 2 is 1.74 bits per heavy atom. The summed E-state index contributed by atoms with van der Waals surface area (Å²) in [5.74, 6) is 0.726. The van der Waals surface area contributed by atoms with Crippen LogP contribution < -0.4 is 15.4 Å². The lowest BCUT2D eigenvalue weighted by molar-refractivity contribution is -0.137. The van der Waals surface area contributed by atoms with E-state index in [1.54, 1.807) is 7.05 Å². The van der Waals surface area contributed by atoms with E-state index in [0.29, 0.717) is 19.4 Å². The van der Waals surface area contributed by atoms with Crippen molar-refractivity contribution in [1.82, 2.24) is 10.6 Å². The van der Waals surface area contributed by atoms with E-state index in [0.717, 1.165) is 53.0 Å². The largest absolute Gasteiger partial charge is 0.493 e. The molecule has 0 aliphatic carbocycles. The van der Waals surface area contributed by atoms with Gasteiger partial charge >= 0.3 is 6.18 Å². The lowest BCUT2D eigenvalue weighted by atomic mass is 9.93. The molecule has 1 aliphatic heterocycles. The summed E-state index contributed by atoms with van der Waals surface area (Å²) in [7, 11) is 1.60. The van der Waals surface area contributed by atoms with Gasteiger partial charge in [-0.3, -0.25) is 10.1 Å². The van der Waals surface area contributed by atoms with E-state index in [-0.39, 0.29) is 11.9 Å². The predicted molar refractivity (Wildman–Crippen MR) is 129 cm³/mol. The van der Waals surface area contributed by atoms with Gasteiger partial charge in [0.05, 0.1) is 12.2 Å². The zero-order chi connectivity index (χ0) is 24.8. The van der Waals surface area contributed by atoms with Crippen LogP contribution in [0.5, 0.6) is 5.75 Å². The van der Waals surface area contributed by atoms with Gasteiger partial charge in [0.2, 0.25) is 5.91 Å². The average Bonchev–Trinajstić information content (AvgIpc) is 2.88. The fourth-order valence-corrected chi connectivity index (χ4v) is 4.43. The molecular formula is C28H29F3N2O2. The van der Waals surface area contributed by atoms with Gasteiger partial charge in [-0.15, -0.1) is 0 Å². The van der Waals surface area contributed by atoms with Crippen LogP contribution in [-0.2, 0) is 23.8 Å². The molecule has 35 heavy (non-hydrogen) atoms. The summed E-state index contributed by atoms with van der Waals surface area (Å²) in [5.41, 5.74) is 3.14. The van der Waals surface area contributed by atoms with Gasteiger partial charge in [0.1, 0.15) is 11.8 Å². The molecule has 4 rings (SSSR count). The number of carbonyl (C=O) groups is 1. The number of aryl methyl sites for hydroxylation is 2. The highest BCUT2D eigenvalue weighted by molar-refractivity contribution is 5.83. The lowest BCUT2D eigenvalue weighted by Gasteiger charge is -2.27. The van der Waals surface area contributed by atoms with Crippen LogP contribution in [0, 0.1) is 0 Å². The molecule has 184 valence electrons. The predicted octanol–water partition coefficient (Wildman–Crippen LogP) is 5.78. The molecule has 1 aliphatic rings. The van der Waals surface area contributed by atoms with Crippen LogP contribution >= 0.6 is 0 Å². The molecule has 0 saturated carbocycles. The minimum absolute atomic E-state index is 0.156. The Balaban J connectivity index is 1.60. The Hall–Kier alpha value is -3.32. The Kier molecular flexibility index (Phi) is 7.76. The Bertz CT molecular complexity index is 1130. The average molecular weight is 483 g/mol. The summed E-state index contributed by atoms with van der Waals surface area (Å²) in [5, 5.41) is 6.25. The molecule has 0 spiro atoms. The van der Waals surface area contributed by atoms with Crippen LogP contribution in [0.1, 0.15) is 52.7 Å². The molecule has 3 aromatic carbocycles. The molecule has 0 bridgehead atoms. The second-order valence-corrected chi connectivity index (χ2v) is 8.73. The van der Waals surface area contributed by atoms with E-state index in [9.17, 15) is 18.0 Å². The highest BCUT2D eigenvalue weighted by Gasteiger charge is 2.30. The van der Waals surface area contributed by atoms with E-state index in [2.05, 4.69) is 16.7 Å². The smallest absolute Gasteiger partial charge is 0.416 e. The van der Waals surface area contributed by atoms with Crippen molar-refractivity contribution in [2.24, 2.45) is 0 Å². The summed E-state index contributed by atoms with van der Waals surface area (Å²) >= 11 is 0. The van der Waals surface area contributed by atoms with Gasteiger partial charge in [0, 0.05) is 13.1 Å². The zero-order valence-corrected chi connectivity index (χ0v) is 19.6. The van der Waals surface area contributed by atoms with Gasteiger partial charge in [-0.2, -0.15) is 13.2 Å². The van der Waals surface area contributed by atoms with Crippen molar-refractivity contribution in [3.63, 3.8) is 0 Å². The molecule has 3 aromatic rings. The van der Waals surface area contributed by atoms with Gasteiger partial charge in [0.25, 0.3) is 0 Å². The number of alkyl halides is 3. The number of rotatable bonds is 8. The van der Waals surface area contributed by atoms with Gasteiger partial charge in [0.15, 0.2) is 0 Å². The normalized spacial score (nSPS) is 15.0. The number of fused-ring (bicyclic) bond motifs is 1.